The van der Waals surface area contributed by atoms with Crippen molar-refractivity contribution in [3.8, 4) is 0 Å². The molecule has 0 aromatic heterocycles. The lowest BCUT2D eigenvalue weighted by Crippen LogP contribution is -2.43. The Morgan fingerprint density at radius 2 is 1.80 bits per heavy atom. The van der Waals surface area contributed by atoms with E-state index in [9.17, 15) is 9.59 Å². The van der Waals surface area contributed by atoms with E-state index in [2.05, 4.69) is 13.0 Å². The molecule has 0 aromatic carbocycles. The van der Waals surface area contributed by atoms with E-state index in [0.717, 1.165) is 18.4 Å². The van der Waals surface area contributed by atoms with Crippen molar-refractivity contribution < 1.29 is 19.1 Å². The Kier molecular flexibility index (Phi) is 6.49. The molecule has 0 bridgehead atoms. The minimum Gasteiger partial charge on any atom is -0.465 e. The van der Waals surface area contributed by atoms with Crippen molar-refractivity contribution in [2.75, 3.05) is 13.2 Å². The van der Waals surface area contributed by atoms with Crippen LogP contribution in [0.15, 0.2) is 23.8 Å². The Bertz CT molecular complexity index is 389. The summed E-state index contributed by atoms with van der Waals surface area (Å²) in [4.78, 5) is 24.5. The molecule has 1 aliphatic rings. The lowest BCUT2D eigenvalue weighted by atomic mass is 9.75. The molecule has 0 spiro atoms. The van der Waals surface area contributed by atoms with Gasteiger partial charge in [-0.15, -0.1) is 0 Å². The summed E-state index contributed by atoms with van der Waals surface area (Å²) in [5, 5.41) is 0. The molecule has 4 heteroatoms. The normalized spacial score (nSPS) is 18.9. The fraction of sp³-hybridized carbons (Fsp3) is 0.625. The van der Waals surface area contributed by atoms with Crippen molar-refractivity contribution in [2.45, 2.75) is 46.5 Å². The molecule has 0 unspecified atom stereocenters. The van der Waals surface area contributed by atoms with Crippen LogP contribution in [0.3, 0.4) is 0 Å². The molecule has 0 fully saturated rings. The number of rotatable bonds is 6. The maximum absolute atomic E-state index is 12.3. The molecule has 0 radical (unpaired) electrons. The second kappa shape index (κ2) is 7.88. The minimum atomic E-state index is -1.21. The molecule has 112 valence electrons. The van der Waals surface area contributed by atoms with Crippen LogP contribution in [0.2, 0.25) is 0 Å². The second-order valence-corrected chi connectivity index (χ2v) is 4.87. The number of carbonyl (C=O) groups excluding carboxylic acids is 2. The molecule has 0 atom stereocenters. The van der Waals surface area contributed by atoms with Gasteiger partial charge in [0.1, 0.15) is 0 Å². The topological polar surface area (TPSA) is 52.6 Å². The number of ether oxygens (including phenoxy) is 2. The van der Waals surface area contributed by atoms with Crippen molar-refractivity contribution >= 4 is 11.9 Å². The summed E-state index contributed by atoms with van der Waals surface area (Å²) in [6, 6.07) is 0. The van der Waals surface area contributed by atoms with Crippen LogP contribution >= 0.6 is 0 Å². The minimum absolute atomic E-state index is 0.262. The molecule has 0 aromatic rings. The fourth-order valence-electron chi connectivity index (χ4n) is 2.29. The summed E-state index contributed by atoms with van der Waals surface area (Å²) in [5.74, 6) is -0.963. The molecule has 0 heterocycles. The number of unbranched alkanes of at least 4 members (excludes halogenated alkanes) is 1. The smallest absolute Gasteiger partial charge is 0.324 e. The number of esters is 2. The van der Waals surface area contributed by atoms with E-state index in [0.29, 0.717) is 12.8 Å². The van der Waals surface area contributed by atoms with Crippen LogP contribution in [0.4, 0.5) is 0 Å². The van der Waals surface area contributed by atoms with Gasteiger partial charge in [-0.1, -0.05) is 37.1 Å². The van der Waals surface area contributed by atoms with E-state index in [1.807, 2.05) is 12.2 Å². The molecular weight excluding hydrogens is 256 g/mol. The highest BCUT2D eigenvalue weighted by Crippen LogP contribution is 2.38. The highest BCUT2D eigenvalue weighted by atomic mass is 16.6. The molecule has 0 saturated carbocycles. The Balaban J connectivity index is 3.03. The molecule has 1 rings (SSSR count). The first-order chi connectivity index (χ1) is 9.60. The van der Waals surface area contributed by atoms with Crippen LogP contribution in [-0.2, 0) is 19.1 Å². The number of carbonyl (C=O) groups is 2. The van der Waals surface area contributed by atoms with Gasteiger partial charge >= 0.3 is 11.9 Å². The molecular formula is C16H24O4. The molecule has 1 aliphatic carbocycles. The Hall–Kier alpha value is -1.58. The zero-order valence-electron chi connectivity index (χ0n) is 12.6. The van der Waals surface area contributed by atoms with Gasteiger partial charge in [0.2, 0.25) is 0 Å². The first-order valence-electron chi connectivity index (χ1n) is 7.30. The highest BCUT2D eigenvalue weighted by Gasteiger charge is 2.49. The molecule has 0 amide bonds. The van der Waals surface area contributed by atoms with Crippen molar-refractivity contribution in [2.24, 2.45) is 5.41 Å². The van der Waals surface area contributed by atoms with Crippen molar-refractivity contribution in [1.29, 1.82) is 0 Å². The van der Waals surface area contributed by atoms with E-state index in [1.165, 1.54) is 0 Å². The van der Waals surface area contributed by atoms with E-state index >= 15 is 0 Å². The quantitative estimate of drug-likeness (QED) is 0.554. The van der Waals surface area contributed by atoms with Gasteiger partial charge in [-0.2, -0.15) is 0 Å². The largest absolute Gasteiger partial charge is 0.465 e. The Morgan fingerprint density at radius 1 is 1.20 bits per heavy atom. The van der Waals surface area contributed by atoms with Gasteiger partial charge in [0, 0.05) is 0 Å². The van der Waals surface area contributed by atoms with Gasteiger partial charge in [0.05, 0.1) is 13.2 Å². The average molecular weight is 280 g/mol. The number of allylic oxidation sites excluding steroid dienone is 4. The van der Waals surface area contributed by atoms with Gasteiger partial charge in [-0.3, -0.25) is 9.59 Å². The summed E-state index contributed by atoms with van der Waals surface area (Å²) in [7, 11) is 0. The summed E-state index contributed by atoms with van der Waals surface area (Å²) >= 11 is 0. The van der Waals surface area contributed by atoms with Gasteiger partial charge < -0.3 is 9.47 Å². The fourth-order valence-corrected chi connectivity index (χ4v) is 2.29. The van der Waals surface area contributed by atoms with E-state index in [4.69, 9.17) is 9.47 Å². The summed E-state index contributed by atoms with van der Waals surface area (Å²) in [6.07, 6.45) is 8.58. The van der Waals surface area contributed by atoms with Gasteiger partial charge in [0.25, 0.3) is 0 Å². The lowest BCUT2D eigenvalue weighted by Gasteiger charge is -2.31. The average Bonchev–Trinajstić information content (AvgIpc) is 2.45. The predicted molar refractivity (Wildman–Crippen MR) is 77.1 cm³/mol. The zero-order chi connectivity index (χ0) is 15.0. The molecule has 0 aliphatic heterocycles. The number of hydrogen-bond acceptors (Lipinski definition) is 4. The zero-order valence-corrected chi connectivity index (χ0v) is 12.6. The van der Waals surface area contributed by atoms with Gasteiger partial charge in [-0.25, -0.2) is 0 Å². The summed E-state index contributed by atoms with van der Waals surface area (Å²) in [5.41, 5.74) is -0.209. The van der Waals surface area contributed by atoms with Crippen LogP contribution < -0.4 is 0 Å². The van der Waals surface area contributed by atoms with Gasteiger partial charge in [0.15, 0.2) is 5.41 Å². The summed E-state index contributed by atoms with van der Waals surface area (Å²) < 4.78 is 10.2. The maximum atomic E-state index is 12.3. The molecule has 0 saturated heterocycles. The molecule has 0 N–H and O–H groups in total. The molecule has 20 heavy (non-hydrogen) atoms. The third kappa shape index (κ3) is 3.71. The number of hydrogen-bond donors (Lipinski definition) is 0. The van der Waals surface area contributed by atoms with Crippen LogP contribution in [0, 0.1) is 5.41 Å². The second-order valence-electron chi connectivity index (χ2n) is 4.87. The third-order valence-corrected chi connectivity index (χ3v) is 3.33. The van der Waals surface area contributed by atoms with Gasteiger partial charge in [-0.05, 0) is 33.1 Å². The highest BCUT2D eigenvalue weighted by molar-refractivity contribution is 6.01. The Morgan fingerprint density at radius 3 is 2.30 bits per heavy atom. The van der Waals surface area contributed by atoms with Crippen LogP contribution in [0.1, 0.15) is 46.5 Å². The van der Waals surface area contributed by atoms with Crippen molar-refractivity contribution in [3.05, 3.63) is 23.8 Å². The third-order valence-electron chi connectivity index (χ3n) is 3.33. The maximum Gasteiger partial charge on any atom is 0.324 e. The van der Waals surface area contributed by atoms with Crippen molar-refractivity contribution in [1.82, 2.24) is 0 Å². The lowest BCUT2D eigenvalue weighted by molar-refractivity contribution is -0.172. The van der Waals surface area contributed by atoms with Crippen LogP contribution in [0.5, 0.6) is 0 Å². The van der Waals surface area contributed by atoms with Crippen molar-refractivity contribution in [3.63, 3.8) is 0 Å². The van der Waals surface area contributed by atoms with E-state index in [-0.39, 0.29) is 13.2 Å². The van der Waals surface area contributed by atoms with E-state index in [1.54, 1.807) is 13.8 Å². The molecule has 4 nitrogen and oxygen atoms in total. The monoisotopic (exact) mass is 280 g/mol. The van der Waals surface area contributed by atoms with Crippen LogP contribution in [-0.4, -0.2) is 25.2 Å². The predicted octanol–water partition coefficient (Wildman–Crippen LogP) is 3.18. The SMILES string of the molecule is CCC/C=C1\C=CCC(C(=O)OCC)(C(=O)OCC)C1. The van der Waals surface area contributed by atoms with E-state index < -0.39 is 17.4 Å². The summed E-state index contributed by atoms with van der Waals surface area (Å²) in [6.45, 7) is 6.09. The first-order valence-corrected chi connectivity index (χ1v) is 7.30. The Labute approximate surface area is 120 Å². The van der Waals surface area contributed by atoms with Crippen LogP contribution in [0.25, 0.3) is 0 Å². The first kappa shape index (κ1) is 16.5. The standard InChI is InChI=1S/C16H24O4/c1-4-7-9-13-10-8-11-16(12-13,14(17)19-5-2)15(18)20-6-3/h8-10H,4-7,11-12H2,1-3H3/b13-9+.